The van der Waals surface area contributed by atoms with Gasteiger partial charge in [0.2, 0.25) is 0 Å². The average Bonchev–Trinajstić information content (AvgIpc) is 2.29. The second kappa shape index (κ2) is 5.97. The van der Waals surface area contributed by atoms with Gasteiger partial charge in [-0.05, 0) is 30.2 Å². The Morgan fingerprint density at radius 2 is 2.11 bits per heavy atom. The van der Waals surface area contributed by atoms with Gasteiger partial charge in [-0.2, -0.15) is 13.2 Å². The molecule has 0 fully saturated rings. The Labute approximate surface area is 101 Å². The highest BCUT2D eigenvalue weighted by molar-refractivity contribution is 5.58. The third-order valence-corrected chi connectivity index (χ3v) is 2.11. The minimum atomic E-state index is -4.44. The summed E-state index contributed by atoms with van der Waals surface area (Å²) in [6.45, 7) is 0.215. The van der Waals surface area contributed by atoms with Crippen molar-refractivity contribution >= 4 is 6.08 Å². The number of halogens is 3. The maximum atomic E-state index is 12.4. The summed E-state index contributed by atoms with van der Waals surface area (Å²) < 4.78 is 37.3. The van der Waals surface area contributed by atoms with E-state index in [1.165, 1.54) is 12.2 Å². The van der Waals surface area contributed by atoms with E-state index in [0.29, 0.717) is 6.42 Å². The van der Waals surface area contributed by atoms with Crippen molar-refractivity contribution in [1.82, 2.24) is 0 Å². The Bertz CT molecular complexity index is 491. The van der Waals surface area contributed by atoms with E-state index in [9.17, 15) is 18.3 Å². The minimum Gasteiger partial charge on any atom is -0.507 e. The normalized spacial score (nSPS) is 11.5. The van der Waals surface area contributed by atoms with Gasteiger partial charge in [-0.1, -0.05) is 17.3 Å². The molecule has 0 unspecified atom stereocenters. The molecule has 0 radical (unpaired) electrons. The van der Waals surface area contributed by atoms with E-state index in [0.717, 1.165) is 18.2 Å². The van der Waals surface area contributed by atoms with Gasteiger partial charge in [0, 0.05) is 17.0 Å². The van der Waals surface area contributed by atoms with E-state index in [1.807, 2.05) is 0 Å². The molecule has 4 nitrogen and oxygen atoms in total. The van der Waals surface area contributed by atoms with Gasteiger partial charge < -0.3 is 5.11 Å². The van der Waals surface area contributed by atoms with Crippen LogP contribution in [-0.4, -0.2) is 11.7 Å². The molecule has 1 rings (SSSR count). The third kappa shape index (κ3) is 4.03. The predicted molar refractivity (Wildman–Crippen MR) is 60.8 cm³/mol. The first-order valence-electron chi connectivity index (χ1n) is 5.03. The summed E-state index contributed by atoms with van der Waals surface area (Å²) in [6, 6.07) is 2.67. The summed E-state index contributed by atoms with van der Waals surface area (Å²) in [5, 5.41) is 12.7. The van der Waals surface area contributed by atoms with Crippen molar-refractivity contribution in [2.75, 3.05) is 6.54 Å². The number of phenolic OH excluding ortho intramolecular Hbond substituents is 1. The second-order valence-electron chi connectivity index (χ2n) is 3.42. The van der Waals surface area contributed by atoms with Crippen molar-refractivity contribution in [2.45, 2.75) is 12.6 Å². The zero-order valence-electron chi connectivity index (χ0n) is 9.22. The van der Waals surface area contributed by atoms with Gasteiger partial charge in [0.05, 0.1) is 5.56 Å². The molecule has 96 valence electrons. The van der Waals surface area contributed by atoms with Crippen molar-refractivity contribution < 1.29 is 18.3 Å². The Kier molecular flexibility index (Phi) is 4.62. The molecule has 0 spiro atoms. The van der Waals surface area contributed by atoms with Crippen LogP contribution in [0.5, 0.6) is 5.75 Å². The number of hydrogen-bond acceptors (Lipinski definition) is 2. The lowest BCUT2D eigenvalue weighted by Crippen LogP contribution is -2.04. The average molecular weight is 257 g/mol. The summed E-state index contributed by atoms with van der Waals surface area (Å²) >= 11 is 0. The van der Waals surface area contributed by atoms with Gasteiger partial charge in [-0.15, -0.1) is 0 Å². The molecule has 1 aromatic rings. The molecule has 1 N–H and O–H groups in total. The molecule has 18 heavy (non-hydrogen) atoms. The third-order valence-electron chi connectivity index (χ3n) is 2.11. The number of nitrogens with zero attached hydrogens (tertiary/aromatic N) is 3. The first-order valence-corrected chi connectivity index (χ1v) is 5.03. The zero-order chi connectivity index (χ0) is 13.6. The van der Waals surface area contributed by atoms with Crippen LogP contribution in [0, 0.1) is 0 Å². The number of azide groups is 1. The van der Waals surface area contributed by atoms with Gasteiger partial charge >= 0.3 is 6.18 Å². The van der Waals surface area contributed by atoms with Crippen molar-refractivity contribution in [3.63, 3.8) is 0 Å². The largest absolute Gasteiger partial charge is 0.507 e. The molecule has 0 atom stereocenters. The highest BCUT2D eigenvalue weighted by atomic mass is 19.4. The molecule has 0 heterocycles. The molecule has 0 aromatic heterocycles. The molecular weight excluding hydrogens is 247 g/mol. The van der Waals surface area contributed by atoms with Crippen molar-refractivity contribution in [3.8, 4) is 5.75 Å². The first-order chi connectivity index (χ1) is 8.45. The Morgan fingerprint density at radius 1 is 1.39 bits per heavy atom. The van der Waals surface area contributed by atoms with Crippen LogP contribution in [0.15, 0.2) is 29.4 Å². The highest BCUT2D eigenvalue weighted by Crippen LogP contribution is 2.32. The lowest BCUT2D eigenvalue weighted by atomic mass is 10.1. The van der Waals surface area contributed by atoms with Crippen LogP contribution in [0.25, 0.3) is 16.5 Å². The first kappa shape index (κ1) is 13.9. The van der Waals surface area contributed by atoms with Crippen LogP contribution in [0.3, 0.4) is 0 Å². The molecule has 0 aliphatic heterocycles. The minimum absolute atomic E-state index is 0.0748. The summed E-state index contributed by atoms with van der Waals surface area (Å²) in [5.41, 5.74) is 7.27. The number of alkyl halides is 3. The second-order valence-corrected chi connectivity index (χ2v) is 3.42. The van der Waals surface area contributed by atoms with Crippen LogP contribution in [0.4, 0.5) is 13.2 Å². The molecule has 7 heteroatoms. The van der Waals surface area contributed by atoms with Crippen LogP contribution in [-0.2, 0) is 6.18 Å². The molecular formula is C11H10F3N3O. The fourth-order valence-electron chi connectivity index (χ4n) is 1.25. The van der Waals surface area contributed by atoms with Gasteiger partial charge in [-0.25, -0.2) is 0 Å². The topological polar surface area (TPSA) is 69.0 Å². The lowest BCUT2D eigenvalue weighted by Gasteiger charge is -2.08. The summed E-state index contributed by atoms with van der Waals surface area (Å²) in [7, 11) is 0. The van der Waals surface area contributed by atoms with Crippen LogP contribution >= 0.6 is 0 Å². The number of aromatic hydroxyl groups is 1. The monoisotopic (exact) mass is 257 g/mol. The maximum Gasteiger partial charge on any atom is 0.416 e. The molecule has 0 aliphatic rings. The Balaban J connectivity index is 2.84. The fraction of sp³-hybridized carbons (Fsp3) is 0.273. The van der Waals surface area contributed by atoms with E-state index in [4.69, 9.17) is 5.53 Å². The predicted octanol–water partition coefficient (Wildman–Crippen LogP) is 4.12. The van der Waals surface area contributed by atoms with Crippen molar-refractivity contribution in [2.24, 2.45) is 5.11 Å². The smallest absolute Gasteiger partial charge is 0.416 e. The van der Waals surface area contributed by atoms with Crippen molar-refractivity contribution in [1.29, 1.82) is 0 Å². The lowest BCUT2D eigenvalue weighted by molar-refractivity contribution is -0.137. The number of hydrogen-bond donors (Lipinski definition) is 1. The summed E-state index contributed by atoms with van der Waals surface area (Å²) in [4.78, 5) is 2.54. The van der Waals surface area contributed by atoms with Crippen LogP contribution in [0.2, 0.25) is 0 Å². The Hall–Kier alpha value is -2.14. The molecule has 1 aromatic carbocycles. The van der Waals surface area contributed by atoms with E-state index in [2.05, 4.69) is 10.0 Å². The number of rotatable bonds is 4. The van der Waals surface area contributed by atoms with E-state index in [1.54, 1.807) is 0 Å². The summed E-state index contributed by atoms with van der Waals surface area (Å²) in [6.07, 6.45) is -1.16. The van der Waals surface area contributed by atoms with Gasteiger partial charge in [-0.3, -0.25) is 0 Å². The molecule has 0 bridgehead atoms. The Morgan fingerprint density at radius 3 is 2.72 bits per heavy atom. The molecule has 0 saturated heterocycles. The van der Waals surface area contributed by atoms with Gasteiger partial charge in [0.25, 0.3) is 0 Å². The molecule has 0 amide bonds. The van der Waals surface area contributed by atoms with Crippen LogP contribution in [0.1, 0.15) is 17.5 Å². The van der Waals surface area contributed by atoms with Crippen LogP contribution < -0.4 is 0 Å². The fourth-order valence-corrected chi connectivity index (χ4v) is 1.25. The van der Waals surface area contributed by atoms with Gasteiger partial charge in [0.1, 0.15) is 5.75 Å². The SMILES string of the molecule is [N-]=[N+]=NCCC=Cc1cc(C(F)(F)F)ccc1O. The zero-order valence-corrected chi connectivity index (χ0v) is 9.22. The quantitative estimate of drug-likeness (QED) is 0.374. The summed E-state index contributed by atoms with van der Waals surface area (Å²) in [5.74, 6) is -0.233. The van der Waals surface area contributed by atoms with E-state index >= 15 is 0 Å². The maximum absolute atomic E-state index is 12.4. The molecule has 0 aliphatic carbocycles. The highest BCUT2D eigenvalue weighted by Gasteiger charge is 2.30. The number of benzene rings is 1. The van der Waals surface area contributed by atoms with E-state index in [-0.39, 0.29) is 17.9 Å². The molecule has 0 saturated carbocycles. The van der Waals surface area contributed by atoms with Gasteiger partial charge in [0.15, 0.2) is 0 Å². The number of phenols is 1. The van der Waals surface area contributed by atoms with E-state index < -0.39 is 11.7 Å². The van der Waals surface area contributed by atoms with Crippen molar-refractivity contribution in [3.05, 3.63) is 45.8 Å². The standard InChI is InChI=1S/C11H10F3N3O/c12-11(13,14)9-4-5-10(18)8(7-9)3-1-2-6-16-17-15/h1,3-5,7,18H,2,6H2.